The molecule has 6 heteroatoms. The Morgan fingerprint density at radius 1 is 0.870 bits per heavy atom. The number of fused-ring (bicyclic) bond motifs is 3. The third-order valence-electron chi connectivity index (χ3n) is 11.3. The number of rotatable bonds is 11. The van der Waals surface area contributed by atoms with Crippen LogP contribution >= 0.6 is 11.3 Å². The third kappa shape index (κ3) is 9.27. The van der Waals surface area contributed by atoms with Crippen LogP contribution < -0.4 is 0 Å². The first kappa shape index (κ1) is 43.2. The molecule has 0 saturated heterocycles. The second kappa shape index (κ2) is 17.5. The Kier molecular flexibility index (Phi) is 14.0. The van der Waals surface area contributed by atoms with E-state index in [0.717, 1.165) is 70.4 Å². The fraction of sp³-hybridized carbons (Fsp3) is 0.417. The van der Waals surface area contributed by atoms with E-state index in [1.807, 2.05) is 53.8 Å². The smallest absolute Gasteiger partial charge is 0.164 e. The molecular weight excluding hydrogens is 863 g/mol. The summed E-state index contributed by atoms with van der Waals surface area (Å²) in [6.45, 7) is 23.4. The molecule has 0 fully saturated rings. The molecule has 0 amide bonds. The molecule has 0 aliphatic heterocycles. The summed E-state index contributed by atoms with van der Waals surface area (Å²) in [6, 6.07) is 27.6. The standard InChI is InChI=1S/C33H30NOS.C15H28O2.Ir/c1-20(2)14-21-10-11-29-24(15-21)19-30(36-29)28-18-23-12-13-34-31(32(23)35-28)25-16-22-8-6-7-9-26(22)27(17-25)33(3,4)5;1-7-14(5,8-2)12(16)11-13(17)15(6,9-3)10-4;/h6-13,15,17-20H,14H2,1-5H3;11,16H,7-10H2,1-6H3;/q-1;;/b;12-11-;. The molecule has 54 heavy (non-hydrogen) atoms. The molecule has 3 aromatic heterocycles. The minimum atomic E-state index is -0.337. The third-order valence-corrected chi connectivity index (χ3v) is 12.5. The van der Waals surface area contributed by atoms with Gasteiger partial charge in [0.05, 0.1) is 4.88 Å². The van der Waals surface area contributed by atoms with Crippen LogP contribution in [0.2, 0.25) is 0 Å². The molecule has 0 unspecified atom stereocenters. The van der Waals surface area contributed by atoms with Crippen molar-refractivity contribution >= 4 is 48.9 Å². The van der Waals surface area contributed by atoms with E-state index in [-0.39, 0.29) is 47.9 Å². The molecule has 289 valence electrons. The number of hydrogen-bond donors (Lipinski definition) is 1. The van der Waals surface area contributed by atoms with Gasteiger partial charge in [0.25, 0.3) is 0 Å². The maximum absolute atomic E-state index is 12.2. The van der Waals surface area contributed by atoms with Gasteiger partial charge in [0.2, 0.25) is 0 Å². The van der Waals surface area contributed by atoms with Gasteiger partial charge in [0.15, 0.2) is 5.78 Å². The fourth-order valence-electron chi connectivity index (χ4n) is 6.75. The molecule has 1 N–H and O–H groups in total. The van der Waals surface area contributed by atoms with Crippen LogP contribution in [0.5, 0.6) is 0 Å². The Balaban J connectivity index is 0.000000309. The number of aromatic nitrogens is 1. The van der Waals surface area contributed by atoms with Crippen molar-refractivity contribution in [3.05, 3.63) is 102 Å². The topological polar surface area (TPSA) is 63.3 Å². The largest absolute Gasteiger partial charge is 0.512 e. The molecule has 6 aromatic rings. The number of carbonyl (C=O) groups is 1. The number of aliphatic hydroxyl groups excluding tert-OH is 1. The second-order valence-electron chi connectivity index (χ2n) is 16.6. The van der Waals surface area contributed by atoms with Crippen molar-refractivity contribution in [2.75, 3.05) is 0 Å². The van der Waals surface area contributed by atoms with Crippen LogP contribution in [0.25, 0.3) is 53.7 Å². The first-order chi connectivity index (χ1) is 25.0. The molecule has 4 nitrogen and oxygen atoms in total. The van der Waals surface area contributed by atoms with Crippen LogP contribution in [0.1, 0.15) is 113 Å². The Hall–Kier alpha value is -3.57. The van der Waals surface area contributed by atoms with Crippen LogP contribution in [-0.4, -0.2) is 15.9 Å². The Morgan fingerprint density at radius 3 is 2.17 bits per heavy atom. The summed E-state index contributed by atoms with van der Waals surface area (Å²) >= 11 is 1.78. The predicted molar refractivity (Wildman–Crippen MR) is 227 cm³/mol. The van der Waals surface area contributed by atoms with E-state index in [9.17, 15) is 9.90 Å². The van der Waals surface area contributed by atoms with Crippen molar-refractivity contribution in [2.24, 2.45) is 16.7 Å². The first-order valence-electron chi connectivity index (χ1n) is 19.4. The average Bonchev–Trinajstić information content (AvgIpc) is 3.77. The summed E-state index contributed by atoms with van der Waals surface area (Å²) in [6.07, 6.45) is 7.73. The van der Waals surface area contributed by atoms with E-state index < -0.39 is 0 Å². The van der Waals surface area contributed by atoms with Crippen LogP contribution in [0, 0.1) is 22.8 Å². The maximum Gasteiger partial charge on any atom is 0.164 e. The van der Waals surface area contributed by atoms with E-state index in [2.05, 4.69) is 101 Å². The van der Waals surface area contributed by atoms with Crippen LogP contribution in [0.4, 0.5) is 0 Å². The van der Waals surface area contributed by atoms with E-state index in [4.69, 9.17) is 9.40 Å². The number of furan rings is 1. The predicted octanol–water partition coefficient (Wildman–Crippen LogP) is 14.5. The molecule has 0 aliphatic rings. The maximum atomic E-state index is 12.2. The zero-order valence-electron chi connectivity index (χ0n) is 34.1. The number of aliphatic hydroxyl groups is 1. The summed E-state index contributed by atoms with van der Waals surface area (Å²) in [5, 5.41) is 14.8. The molecular formula is C48H58IrNO3S-. The molecule has 3 heterocycles. The first-order valence-corrected chi connectivity index (χ1v) is 20.2. The van der Waals surface area contributed by atoms with Crippen LogP contribution in [-0.2, 0) is 36.7 Å². The van der Waals surface area contributed by atoms with Gasteiger partial charge >= 0.3 is 0 Å². The number of allylic oxidation sites excluding steroid dienone is 2. The Morgan fingerprint density at radius 2 is 1.54 bits per heavy atom. The van der Waals surface area contributed by atoms with E-state index in [1.54, 1.807) is 11.3 Å². The fourth-order valence-corrected chi connectivity index (χ4v) is 7.75. The van der Waals surface area contributed by atoms with Gasteiger partial charge in [-0.1, -0.05) is 117 Å². The number of hydrogen-bond acceptors (Lipinski definition) is 5. The van der Waals surface area contributed by atoms with Crippen LogP contribution in [0.15, 0.2) is 89.2 Å². The average molecular weight is 921 g/mol. The van der Waals surface area contributed by atoms with E-state index in [1.165, 1.54) is 32.7 Å². The van der Waals surface area contributed by atoms with Gasteiger partial charge in [-0.2, -0.15) is 0 Å². The van der Waals surface area contributed by atoms with Gasteiger partial charge in [-0.3, -0.25) is 9.78 Å². The molecule has 0 saturated carbocycles. The normalized spacial score (nSPS) is 12.6. The summed E-state index contributed by atoms with van der Waals surface area (Å²) in [5.74, 6) is 1.82. The minimum absolute atomic E-state index is 0. The Bertz CT molecular complexity index is 2240. The van der Waals surface area contributed by atoms with E-state index in [0.29, 0.717) is 5.92 Å². The number of nitrogens with zero attached hydrogens (tertiary/aromatic N) is 1. The van der Waals surface area contributed by atoms with Crippen molar-refractivity contribution in [3.8, 4) is 21.9 Å². The van der Waals surface area contributed by atoms with Gasteiger partial charge in [0, 0.05) is 59.0 Å². The van der Waals surface area contributed by atoms with Crippen molar-refractivity contribution in [2.45, 2.75) is 114 Å². The van der Waals surface area contributed by atoms with E-state index >= 15 is 0 Å². The van der Waals surface area contributed by atoms with Gasteiger partial charge < -0.3 is 9.52 Å². The number of pyridine rings is 1. The number of thiophene rings is 1. The summed E-state index contributed by atoms with van der Waals surface area (Å²) in [5.41, 5.74) is 4.71. The van der Waals surface area contributed by atoms with Crippen molar-refractivity contribution in [3.63, 3.8) is 0 Å². The zero-order valence-corrected chi connectivity index (χ0v) is 37.3. The van der Waals surface area contributed by atoms with Gasteiger partial charge in [-0.05, 0) is 78.7 Å². The molecule has 6 rings (SSSR count). The molecule has 0 aliphatic carbocycles. The summed E-state index contributed by atoms with van der Waals surface area (Å²) < 4.78 is 7.82. The zero-order chi connectivity index (χ0) is 38.7. The SMILES string of the molecule is CC(C)Cc1ccc2sc(-c3cc4ccnc(-c5[c-]c6ccccc6c(C(C)(C)C)c5)c4o3)cc2c1.CCC(C)(CC)C(=O)/C=C(\O)C(C)(CC)CC.[Ir]. The molecule has 3 aromatic carbocycles. The molecule has 0 atom stereocenters. The van der Waals surface area contributed by atoms with Gasteiger partial charge in [0.1, 0.15) is 17.1 Å². The molecule has 1 radical (unpaired) electrons. The Labute approximate surface area is 340 Å². The number of benzene rings is 3. The molecule has 0 spiro atoms. The number of ketones is 1. The second-order valence-corrected chi connectivity index (χ2v) is 17.7. The van der Waals surface area contributed by atoms with Crippen molar-refractivity contribution in [1.29, 1.82) is 0 Å². The van der Waals surface area contributed by atoms with Gasteiger partial charge in [-0.25, -0.2) is 0 Å². The molecule has 0 bridgehead atoms. The quantitative estimate of drug-likeness (QED) is 0.0799. The summed E-state index contributed by atoms with van der Waals surface area (Å²) in [7, 11) is 0. The monoisotopic (exact) mass is 921 g/mol. The van der Waals surface area contributed by atoms with Crippen molar-refractivity contribution < 1.29 is 34.4 Å². The number of carbonyl (C=O) groups excluding carboxylic acids is 1. The van der Waals surface area contributed by atoms with Crippen LogP contribution in [0.3, 0.4) is 0 Å². The van der Waals surface area contributed by atoms with Gasteiger partial charge in [-0.15, -0.1) is 40.5 Å². The van der Waals surface area contributed by atoms with Crippen molar-refractivity contribution in [1.82, 2.24) is 4.98 Å². The summed E-state index contributed by atoms with van der Waals surface area (Å²) in [4.78, 5) is 18.1. The minimum Gasteiger partial charge on any atom is -0.512 e.